The van der Waals surface area contributed by atoms with Gasteiger partial charge in [0.2, 0.25) is 0 Å². The molecule has 20 heavy (non-hydrogen) atoms. The summed E-state index contributed by atoms with van der Waals surface area (Å²) in [5.41, 5.74) is 1.05. The first kappa shape index (κ1) is 15.1. The van der Waals surface area contributed by atoms with Crippen molar-refractivity contribution >= 4 is 17.2 Å². The summed E-state index contributed by atoms with van der Waals surface area (Å²) in [6, 6.07) is 2.40. The normalized spacial score (nSPS) is 13.8. The molecule has 0 radical (unpaired) electrons. The van der Waals surface area contributed by atoms with E-state index in [1.54, 1.807) is 0 Å². The minimum absolute atomic E-state index is 0.0785. The van der Waals surface area contributed by atoms with E-state index in [4.69, 9.17) is 5.11 Å². The topological polar surface area (TPSA) is 40.5 Å². The monoisotopic (exact) mass is 291 g/mol. The summed E-state index contributed by atoms with van der Waals surface area (Å²) in [5, 5.41) is 8.75. The Morgan fingerprint density at radius 1 is 1.55 bits per heavy atom. The maximum absolute atomic E-state index is 12.6. The van der Waals surface area contributed by atoms with Crippen LogP contribution in [0.1, 0.15) is 52.7 Å². The highest BCUT2D eigenvalue weighted by molar-refractivity contribution is 7.14. The zero-order chi connectivity index (χ0) is 14.5. The molecule has 1 aliphatic carbocycles. The zero-order valence-corrected chi connectivity index (χ0v) is 12.9. The van der Waals surface area contributed by atoms with E-state index >= 15 is 0 Å². The maximum atomic E-state index is 12.6. The van der Waals surface area contributed by atoms with Gasteiger partial charge in [0, 0.05) is 19.0 Å². The molecule has 108 valence electrons. The Morgan fingerprint density at radius 3 is 2.90 bits per heavy atom. The van der Waals surface area contributed by atoms with Crippen molar-refractivity contribution in [2.45, 2.75) is 45.6 Å². The molecule has 0 atom stereocenters. The van der Waals surface area contributed by atoms with E-state index in [9.17, 15) is 4.79 Å². The average molecular weight is 291 g/mol. The molecule has 2 rings (SSSR count). The van der Waals surface area contributed by atoms with E-state index in [-0.39, 0.29) is 12.5 Å². The minimum atomic E-state index is 0.0785. The first-order valence-corrected chi connectivity index (χ1v) is 8.00. The van der Waals surface area contributed by atoms with Gasteiger partial charge in [-0.2, -0.15) is 0 Å². The highest BCUT2D eigenvalue weighted by Gasteiger charge is 2.33. The lowest BCUT2D eigenvalue weighted by atomic mass is 10.2. The summed E-state index contributed by atoms with van der Waals surface area (Å²) in [7, 11) is 0. The minimum Gasteiger partial charge on any atom is -0.395 e. The molecule has 0 bridgehead atoms. The van der Waals surface area contributed by atoms with E-state index in [1.165, 1.54) is 11.3 Å². The molecular formula is C16H21NO2S. The van der Waals surface area contributed by atoms with Crippen LogP contribution in [0.15, 0.2) is 6.07 Å². The van der Waals surface area contributed by atoms with Gasteiger partial charge in [-0.3, -0.25) is 4.79 Å². The van der Waals surface area contributed by atoms with Gasteiger partial charge in [-0.05, 0) is 37.8 Å². The van der Waals surface area contributed by atoms with Gasteiger partial charge < -0.3 is 10.0 Å². The molecule has 1 aromatic rings. The number of amides is 1. The van der Waals surface area contributed by atoms with Crippen LogP contribution in [-0.2, 0) is 0 Å². The van der Waals surface area contributed by atoms with Crippen molar-refractivity contribution in [1.82, 2.24) is 4.90 Å². The predicted octanol–water partition coefficient (Wildman–Crippen LogP) is 2.81. The molecule has 3 nitrogen and oxygen atoms in total. The lowest BCUT2D eigenvalue weighted by Crippen LogP contribution is -2.33. The van der Waals surface area contributed by atoms with Crippen LogP contribution in [0.5, 0.6) is 0 Å². The number of thiophene rings is 1. The Hall–Kier alpha value is -1.31. The van der Waals surface area contributed by atoms with Crippen molar-refractivity contribution in [1.29, 1.82) is 0 Å². The number of aliphatic hydroxyl groups excluding tert-OH is 1. The molecule has 1 fully saturated rings. The summed E-state index contributed by atoms with van der Waals surface area (Å²) in [6.45, 7) is 5.01. The molecule has 1 aliphatic rings. The predicted molar refractivity (Wildman–Crippen MR) is 82.0 cm³/mol. The van der Waals surface area contributed by atoms with Gasteiger partial charge in [0.15, 0.2) is 0 Å². The van der Waals surface area contributed by atoms with Crippen molar-refractivity contribution in [3.05, 3.63) is 21.4 Å². The Bertz CT molecular complexity index is 534. The van der Waals surface area contributed by atoms with Crippen molar-refractivity contribution < 1.29 is 9.90 Å². The van der Waals surface area contributed by atoms with Gasteiger partial charge in [0.1, 0.15) is 0 Å². The molecule has 0 spiro atoms. The van der Waals surface area contributed by atoms with E-state index in [0.29, 0.717) is 12.5 Å². The first-order valence-electron chi connectivity index (χ1n) is 7.18. The van der Waals surface area contributed by atoms with E-state index < -0.39 is 0 Å². The number of hydrogen-bond donors (Lipinski definition) is 1. The molecular weight excluding hydrogens is 270 g/mol. The molecule has 1 saturated carbocycles. The number of nitrogens with zero attached hydrogens (tertiary/aromatic N) is 1. The SMILES string of the molecule is CCCN(C(=O)c1cc(C)c(C#CCCO)s1)C1CC1. The smallest absolute Gasteiger partial charge is 0.264 e. The largest absolute Gasteiger partial charge is 0.395 e. The van der Waals surface area contributed by atoms with Crippen LogP contribution >= 0.6 is 11.3 Å². The van der Waals surface area contributed by atoms with Crippen molar-refractivity contribution in [2.75, 3.05) is 13.2 Å². The van der Waals surface area contributed by atoms with Gasteiger partial charge in [0.05, 0.1) is 16.4 Å². The van der Waals surface area contributed by atoms with Gasteiger partial charge in [-0.1, -0.05) is 18.8 Å². The van der Waals surface area contributed by atoms with Crippen LogP contribution < -0.4 is 0 Å². The number of aliphatic hydroxyl groups is 1. The Labute approximate surface area is 124 Å². The third kappa shape index (κ3) is 3.62. The maximum Gasteiger partial charge on any atom is 0.264 e. The van der Waals surface area contributed by atoms with E-state index in [2.05, 4.69) is 18.8 Å². The summed E-state index contributed by atoms with van der Waals surface area (Å²) < 4.78 is 0. The molecule has 0 unspecified atom stereocenters. The van der Waals surface area contributed by atoms with Crippen molar-refractivity contribution in [2.24, 2.45) is 0 Å². The summed E-state index contributed by atoms with van der Waals surface area (Å²) >= 11 is 1.47. The fourth-order valence-corrected chi connectivity index (χ4v) is 3.13. The highest BCUT2D eigenvalue weighted by atomic mass is 32.1. The molecule has 1 aromatic heterocycles. The van der Waals surface area contributed by atoms with Gasteiger partial charge in [0.25, 0.3) is 5.91 Å². The van der Waals surface area contributed by atoms with Crippen LogP contribution in [0.2, 0.25) is 0 Å². The number of rotatable bonds is 5. The van der Waals surface area contributed by atoms with Crippen LogP contribution in [0, 0.1) is 18.8 Å². The van der Waals surface area contributed by atoms with Crippen molar-refractivity contribution in [3.63, 3.8) is 0 Å². The summed E-state index contributed by atoms with van der Waals surface area (Å²) in [6.07, 6.45) is 3.75. The summed E-state index contributed by atoms with van der Waals surface area (Å²) in [5.74, 6) is 6.11. The quantitative estimate of drug-likeness (QED) is 0.848. The van der Waals surface area contributed by atoms with Crippen molar-refractivity contribution in [3.8, 4) is 11.8 Å². The molecule has 1 amide bonds. The number of aryl methyl sites for hydroxylation is 1. The second kappa shape index (κ2) is 6.92. The van der Waals surface area contributed by atoms with Crippen LogP contribution in [0.4, 0.5) is 0 Å². The standard InChI is InChI=1S/C16H21NO2S/c1-3-9-17(13-7-8-13)16(19)15-11-12(2)14(20-15)6-4-5-10-18/h11,13,18H,3,5,7-10H2,1-2H3. The lowest BCUT2D eigenvalue weighted by Gasteiger charge is -2.20. The van der Waals surface area contributed by atoms with E-state index in [1.807, 2.05) is 17.9 Å². The summed E-state index contributed by atoms with van der Waals surface area (Å²) in [4.78, 5) is 16.3. The average Bonchev–Trinajstić information content (AvgIpc) is 3.20. The highest BCUT2D eigenvalue weighted by Crippen LogP contribution is 2.30. The first-order chi connectivity index (χ1) is 9.67. The van der Waals surface area contributed by atoms with Gasteiger partial charge in [-0.15, -0.1) is 11.3 Å². The van der Waals surface area contributed by atoms with Crippen LogP contribution in [-0.4, -0.2) is 35.1 Å². The fraction of sp³-hybridized carbons (Fsp3) is 0.562. The van der Waals surface area contributed by atoms with Gasteiger partial charge >= 0.3 is 0 Å². The Morgan fingerprint density at radius 2 is 2.30 bits per heavy atom. The molecule has 0 aliphatic heterocycles. The Kier molecular flexibility index (Phi) is 5.22. The second-order valence-corrected chi connectivity index (χ2v) is 6.18. The van der Waals surface area contributed by atoms with Crippen LogP contribution in [0.3, 0.4) is 0 Å². The zero-order valence-electron chi connectivity index (χ0n) is 12.1. The molecule has 0 aromatic carbocycles. The molecule has 1 N–H and O–H groups in total. The third-order valence-electron chi connectivity index (χ3n) is 3.28. The second-order valence-electron chi connectivity index (χ2n) is 5.13. The van der Waals surface area contributed by atoms with Crippen LogP contribution in [0.25, 0.3) is 0 Å². The van der Waals surface area contributed by atoms with E-state index in [0.717, 1.165) is 41.1 Å². The molecule has 0 saturated heterocycles. The van der Waals surface area contributed by atoms with Gasteiger partial charge in [-0.25, -0.2) is 0 Å². The number of hydrogen-bond acceptors (Lipinski definition) is 3. The fourth-order valence-electron chi connectivity index (χ4n) is 2.13. The number of carbonyl (C=O) groups excluding carboxylic acids is 1. The lowest BCUT2D eigenvalue weighted by molar-refractivity contribution is 0.0748. The molecule has 1 heterocycles. The Balaban J connectivity index is 2.14. The molecule has 4 heteroatoms. The number of carbonyl (C=O) groups is 1. The third-order valence-corrected chi connectivity index (χ3v) is 4.42.